The van der Waals surface area contributed by atoms with Crippen LogP contribution in [-0.2, 0) is 17.6 Å². The Kier molecular flexibility index (Phi) is 4.80. The van der Waals surface area contributed by atoms with Crippen molar-refractivity contribution in [3.05, 3.63) is 64.2 Å². The number of rotatable bonds is 4. The lowest BCUT2D eigenvalue weighted by Crippen LogP contribution is -2.05. The van der Waals surface area contributed by atoms with Crippen molar-refractivity contribution < 1.29 is 4.79 Å². The molecule has 0 spiro atoms. The van der Waals surface area contributed by atoms with Crippen molar-refractivity contribution in [3.8, 4) is 0 Å². The average molecular weight is 288 g/mol. The molecule has 20 heavy (non-hydrogen) atoms. The van der Waals surface area contributed by atoms with Crippen molar-refractivity contribution in [2.75, 3.05) is 5.32 Å². The SMILES string of the molecule is CC(=O)Nc1ccc(CCc2cccc(C)c2Cl)cc1. The molecule has 0 saturated heterocycles. The lowest BCUT2D eigenvalue weighted by molar-refractivity contribution is -0.114. The molecule has 0 heterocycles. The normalized spacial score (nSPS) is 10.3. The fourth-order valence-corrected chi connectivity index (χ4v) is 2.36. The number of halogens is 1. The predicted octanol–water partition coefficient (Wildman–Crippen LogP) is 4.39. The minimum absolute atomic E-state index is 0.0516. The zero-order chi connectivity index (χ0) is 14.5. The van der Waals surface area contributed by atoms with E-state index >= 15 is 0 Å². The Hall–Kier alpha value is -1.80. The van der Waals surface area contributed by atoms with Crippen molar-refractivity contribution in [2.45, 2.75) is 26.7 Å². The first-order valence-electron chi connectivity index (χ1n) is 6.67. The highest BCUT2D eigenvalue weighted by atomic mass is 35.5. The van der Waals surface area contributed by atoms with Gasteiger partial charge in [-0.1, -0.05) is 41.9 Å². The van der Waals surface area contributed by atoms with Gasteiger partial charge in [0.2, 0.25) is 5.91 Å². The molecule has 0 fully saturated rings. The van der Waals surface area contributed by atoms with Crippen LogP contribution in [0.25, 0.3) is 0 Å². The van der Waals surface area contributed by atoms with Gasteiger partial charge >= 0.3 is 0 Å². The standard InChI is InChI=1S/C17H18ClNO/c1-12-4-3-5-15(17(12)18)9-6-14-7-10-16(11-8-14)19-13(2)20/h3-5,7-8,10-11H,6,9H2,1-2H3,(H,19,20). The van der Waals surface area contributed by atoms with Crippen molar-refractivity contribution in [1.82, 2.24) is 0 Å². The van der Waals surface area contributed by atoms with Gasteiger partial charge in [-0.05, 0) is 48.6 Å². The Bertz CT molecular complexity index is 605. The highest BCUT2D eigenvalue weighted by Crippen LogP contribution is 2.22. The molecule has 0 aliphatic carbocycles. The van der Waals surface area contributed by atoms with Gasteiger partial charge in [0.05, 0.1) is 0 Å². The van der Waals surface area contributed by atoms with E-state index in [2.05, 4.69) is 11.4 Å². The highest BCUT2D eigenvalue weighted by molar-refractivity contribution is 6.32. The summed E-state index contributed by atoms with van der Waals surface area (Å²) in [4.78, 5) is 11.0. The van der Waals surface area contributed by atoms with Gasteiger partial charge < -0.3 is 5.32 Å². The predicted molar refractivity (Wildman–Crippen MR) is 84.3 cm³/mol. The topological polar surface area (TPSA) is 29.1 Å². The van der Waals surface area contributed by atoms with Gasteiger partial charge in [0.25, 0.3) is 0 Å². The molecule has 2 aromatic rings. The van der Waals surface area contributed by atoms with Crippen LogP contribution in [0.4, 0.5) is 5.69 Å². The van der Waals surface area contributed by atoms with E-state index < -0.39 is 0 Å². The van der Waals surface area contributed by atoms with Gasteiger partial charge in [-0.15, -0.1) is 0 Å². The van der Waals surface area contributed by atoms with Crippen LogP contribution in [0.3, 0.4) is 0 Å². The number of carbonyl (C=O) groups is 1. The molecular weight excluding hydrogens is 270 g/mol. The monoisotopic (exact) mass is 287 g/mol. The Labute approximate surface area is 124 Å². The molecule has 2 nitrogen and oxygen atoms in total. The van der Waals surface area contributed by atoms with E-state index in [1.54, 1.807) is 0 Å². The van der Waals surface area contributed by atoms with Crippen molar-refractivity contribution in [2.24, 2.45) is 0 Å². The van der Waals surface area contributed by atoms with E-state index in [4.69, 9.17) is 11.6 Å². The Morgan fingerprint density at radius 2 is 1.80 bits per heavy atom. The second-order valence-corrected chi connectivity index (χ2v) is 5.30. The van der Waals surface area contributed by atoms with Crippen molar-refractivity contribution in [3.63, 3.8) is 0 Å². The largest absolute Gasteiger partial charge is 0.326 e. The molecule has 0 aliphatic heterocycles. The lowest BCUT2D eigenvalue weighted by Gasteiger charge is -2.08. The summed E-state index contributed by atoms with van der Waals surface area (Å²) in [6.07, 6.45) is 1.85. The molecular formula is C17H18ClNO. The molecule has 2 aromatic carbocycles. The summed E-state index contributed by atoms with van der Waals surface area (Å²) in [7, 11) is 0. The van der Waals surface area contributed by atoms with Gasteiger partial charge in [-0.25, -0.2) is 0 Å². The number of amides is 1. The average Bonchev–Trinajstić information content (AvgIpc) is 2.41. The zero-order valence-corrected chi connectivity index (χ0v) is 12.5. The summed E-state index contributed by atoms with van der Waals surface area (Å²) in [6, 6.07) is 14.1. The summed E-state index contributed by atoms with van der Waals surface area (Å²) >= 11 is 6.29. The van der Waals surface area contributed by atoms with Crippen LogP contribution in [0.5, 0.6) is 0 Å². The number of hydrogen-bond acceptors (Lipinski definition) is 1. The molecule has 0 aliphatic rings. The molecule has 0 bridgehead atoms. The number of hydrogen-bond donors (Lipinski definition) is 1. The van der Waals surface area contributed by atoms with E-state index in [1.807, 2.05) is 43.3 Å². The minimum Gasteiger partial charge on any atom is -0.326 e. The molecule has 0 radical (unpaired) electrons. The highest BCUT2D eigenvalue weighted by Gasteiger charge is 2.03. The summed E-state index contributed by atoms with van der Waals surface area (Å²) < 4.78 is 0. The second kappa shape index (κ2) is 6.58. The van der Waals surface area contributed by atoms with Crippen molar-refractivity contribution >= 4 is 23.2 Å². The maximum absolute atomic E-state index is 11.0. The van der Waals surface area contributed by atoms with Crippen LogP contribution in [0, 0.1) is 6.92 Å². The van der Waals surface area contributed by atoms with Crippen LogP contribution in [0.15, 0.2) is 42.5 Å². The maximum atomic E-state index is 11.0. The third-order valence-corrected chi connectivity index (χ3v) is 3.77. The van der Waals surface area contributed by atoms with Crippen molar-refractivity contribution in [1.29, 1.82) is 0 Å². The second-order valence-electron chi connectivity index (χ2n) is 4.93. The van der Waals surface area contributed by atoms with E-state index in [0.29, 0.717) is 0 Å². The smallest absolute Gasteiger partial charge is 0.221 e. The number of aryl methyl sites for hydroxylation is 3. The van der Waals surface area contributed by atoms with Gasteiger partial charge in [-0.3, -0.25) is 4.79 Å². The van der Waals surface area contributed by atoms with Gasteiger partial charge in [0.15, 0.2) is 0 Å². The van der Waals surface area contributed by atoms with Crippen LogP contribution in [0.1, 0.15) is 23.6 Å². The quantitative estimate of drug-likeness (QED) is 0.888. The Morgan fingerprint density at radius 3 is 2.45 bits per heavy atom. The molecule has 3 heteroatoms. The van der Waals surface area contributed by atoms with Gasteiger partial charge in [-0.2, -0.15) is 0 Å². The molecule has 1 N–H and O–H groups in total. The molecule has 0 saturated carbocycles. The Morgan fingerprint density at radius 1 is 1.10 bits per heavy atom. The molecule has 0 atom stereocenters. The van der Waals surface area contributed by atoms with Crippen LogP contribution >= 0.6 is 11.6 Å². The summed E-state index contributed by atoms with van der Waals surface area (Å²) in [6.45, 7) is 3.53. The lowest BCUT2D eigenvalue weighted by atomic mass is 10.0. The van der Waals surface area contributed by atoms with Gasteiger partial charge in [0.1, 0.15) is 0 Å². The van der Waals surface area contributed by atoms with Gasteiger partial charge in [0, 0.05) is 17.6 Å². The fourth-order valence-electron chi connectivity index (χ4n) is 2.14. The first kappa shape index (κ1) is 14.6. The third-order valence-electron chi connectivity index (χ3n) is 3.23. The fraction of sp³-hybridized carbons (Fsp3) is 0.235. The molecule has 104 valence electrons. The van der Waals surface area contributed by atoms with E-state index in [1.165, 1.54) is 18.1 Å². The van der Waals surface area contributed by atoms with Crippen LogP contribution in [0.2, 0.25) is 5.02 Å². The number of benzene rings is 2. The molecule has 1 amide bonds. The molecule has 0 unspecified atom stereocenters. The summed E-state index contributed by atoms with van der Waals surface area (Å²) in [5, 5.41) is 3.63. The number of anilines is 1. The summed E-state index contributed by atoms with van der Waals surface area (Å²) in [5.74, 6) is -0.0516. The molecule has 2 rings (SSSR count). The van der Waals surface area contributed by atoms with E-state index in [0.717, 1.165) is 29.1 Å². The Balaban J connectivity index is 2.00. The van der Waals surface area contributed by atoms with Crippen LogP contribution in [-0.4, -0.2) is 5.91 Å². The third kappa shape index (κ3) is 3.84. The number of carbonyl (C=O) groups excluding carboxylic acids is 1. The summed E-state index contributed by atoms with van der Waals surface area (Å²) in [5.41, 5.74) is 4.36. The first-order valence-corrected chi connectivity index (χ1v) is 7.04. The van der Waals surface area contributed by atoms with Crippen LogP contribution < -0.4 is 5.32 Å². The zero-order valence-electron chi connectivity index (χ0n) is 11.7. The molecule has 0 aromatic heterocycles. The maximum Gasteiger partial charge on any atom is 0.221 e. The minimum atomic E-state index is -0.0516. The number of nitrogens with one attached hydrogen (secondary N) is 1. The van der Waals surface area contributed by atoms with E-state index in [-0.39, 0.29) is 5.91 Å². The first-order chi connectivity index (χ1) is 9.56. The van der Waals surface area contributed by atoms with E-state index in [9.17, 15) is 4.79 Å².